The van der Waals surface area contributed by atoms with Crippen molar-refractivity contribution in [1.29, 1.82) is 0 Å². The largest absolute Gasteiger partial charge is 0.350 e. The van der Waals surface area contributed by atoms with Crippen molar-refractivity contribution < 1.29 is 0 Å². The van der Waals surface area contributed by atoms with E-state index in [2.05, 4.69) is 15.3 Å². The van der Waals surface area contributed by atoms with E-state index in [0.717, 1.165) is 5.56 Å². The van der Waals surface area contributed by atoms with Crippen LogP contribution in [0.15, 0.2) is 36.7 Å². The summed E-state index contributed by atoms with van der Waals surface area (Å²) < 4.78 is 0. The first kappa shape index (κ1) is 14.0. The molecular weight excluding hydrogens is 281 g/mol. The molecular formula is C11H10Cl3N3. The van der Waals surface area contributed by atoms with Gasteiger partial charge in [-0.1, -0.05) is 29.3 Å². The summed E-state index contributed by atoms with van der Waals surface area (Å²) in [7, 11) is 0. The monoisotopic (exact) mass is 289 g/mol. The van der Waals surface area contributed by atoms with Crippen LogP contribution in [-0.4, -0.2) is 9.97 Å². The average molecular weight is 291 g/mol. The van der Waals surface area contributed by atoms with Crippen LogP contribution in [0.1, 0.15) is 5.56 Å². The number of nitrogens with one attached hydrogen (secondary N) is 1. The van der Waals surface area contributed by atoms with Crippen LogP contribution in [0.25, 0.3) is 0 Å². The molecule has 0 aliphatic heterocycles. The van der Waals surface area contributed by atoms with Crippen LogP contribution in [0.2, 0.25) is 10.0 Å². The normalized spacial score (nSPS) is 9.53. The second-order valence-electron chi connectivity index (χ2n) is 3.13. The van der Waals surface area contributed by atoms with Crippen LogP contribution in [0, 0.1) is 0 Å². The second kappa shape index (κ2) is 6.64. The second-order valence-corrected chi connectivity index (χ2v) is 3.94. The van der Waals surface area contributed by atoms with Crippen molar-refractivity contribution in [2.24, 2.45) is 0 Å². The lowest BCUT2D eigenvalue weighted by atomic mass is 10.2. The van der Waals surface area contributed by atoms with E-state index >= 15 is 0 Å². The van der Waals surface area contributed by atoms with Crippen molar-refractivity contribution in [3.63, 3.8) is 0 Å². The molecule has 0 amide bonds. The van der Waals surface area contributed by atoms with Gasteiger partial charge in [-0.2, -0.15) is 0 Å². The minimum Gasteiger partial charge on any atom is -0.350 e. The van der Waals surface area contributed by atoms with E-state index in [9.17, 15) is 0 Å². The topological polar surface area (TPSA) is 37.8 Å². The van der Waals surface area contributed by atoms with Crippen LogP contribution < -0.4 is 5.32 Å². The maximum absolute atomic E-state index is 6.03. The maximum Gasteiger partial charge on any atom is 0.222 e. The highest BCUT2D eigenvalue weighted by molar-refractivity contribution is 6.36. The van der Waals surface area contributed by atoms with Gasteiger partial charge in [-0.05, 0) is 18.2 Å². The van der Waals surface area contributed by atoms with E-state index in [-0.39, 0.29) is 12.4 Å². The third kappa shape index (κ3) is 3.73. The number of rotatable bonds is 3. The predicted molar refractivity (Wildman–Crippen MR) is 73.1 cm³/mol. The predicted octanol–water partition coefficient (Wildman–Crippen LogP) is 3.82. The van der Waals surface area contributed by atoms with Gasteiger partial charge >= 0.3 is 0 Å². The van der Waals surface area contributed by atoms with Crippen LogP contribution >= 0.6 is 35.6 Å². The average Bonchev–Trinajstić information content (AvgIpc) is 2.30. The molecule has 0 atom stereocenters. The molecule has 1 N–H and O–H groups in total. The Morgan fingerprint density at radius 2 is 1.59 bits per heavy atom. The van der Waals surface area contributed by atoms with Crippen molar-refractivity contribution >= 4 is 41.6 Å². The number of anilines is 1. The molecule has 0 aliphatic carbocycles. The molecule has 1 heterocycles. The molecule has 1 aromatic heterocycles. The van der Waals surface area contributed by atoms with E-state index in [1.807, 2.05) is 6.07 Å². The van der Waals surface area contributed by atoms with Gasteiger partial charge in [-0.25, -0.2) is 9.97 Å². The van der Waals surface area contributed by atoms with Crippen molar-refractivity contribution in [3.05, 3.63) is 52.3 Å². The number of hydrogen-bond acceptors (Lipinski definition) is 3. The van der Waals surface area contributed by atoms with Crippen LogP contribution in [0.3, 0.4) is 0 Å². The Labute approximate surface area is 116 Å². The Balaban J connectivity index is 0.00000144. The number of halogens is 3. The Hall–Kier alpha value is -1.03. The SMILES string of the molecule is Cl.Clc1cccc(Cl)c1CNc1ncccn1. The van der Waals surface area contributed by atoms with Gasteiger partial charge in [0.05, 0.1) is 0 Å². The third-order valence-electron chi connectivity index (χ3n) is 2.05. The lowest BCUT2D eigenvalue weighted by Gasteiger charge is -2.07. The van der Waals surface area contributed by atoms with Crippen LogP contribution in [0.5, 0.6) is 0 Å². The standard InChI is InChI=1S/C11H9Cl2N3.ClH/c12-9-3-1-4-10(13)8(9)7-16-11-14-5-2-6-15-11;/h1-6H,7H2,(H,14,15,16);1H. The first-order valence-electron chi connectivity index (χ1n) is 4.71. The highest BCUT2D eigenvalue weighted by Gasteiger charge is 2.05. The Bertz CT molecular complexity index is 456. The minimum absolute atomic E-state index is 0. The van der Waals surface area contributed by atoms with E-state index in [4.69, 9.17) is 23.2 Å². The molecule has 3 nitrogen and oxygen atoms in total. The van der Waals surface area contributed by atoms with Gasteiger partial charge in [-0.15, -0.1) is 12.4 Å². The first-order valence-corrected chi connectivity index (χ1v) is 5.47. The van der Waals surface area contributed by atoms with Gasteiger partial charge in [-0.3, -0.25) is 0 Å². The Kier molecular flexibility index (Phi) is 5.48. The Morgan fingerprint density at radius 3 is 2.18 bits per heavy atom. The first-order chi connectivity index (χ1) is 7.77. The van der Waals surface area contributed by atoms with Crippen LogP contribution in [0.4, 0.5) is 5.95 Å². The summed E-state index contributed by atoms with van der Waals surface area (Å²) in [6.07, 6.45) is 3.34. The highest BCUT2D eigenvalue weighted by atomic mass is 35.5. The lowest BCUT2D eigenvalue weighted by Crippen LogP contribution is -2.03. The van der Waals surface area contributed by atoms with Gasteiger partial charge in [0.15, 0.2) is 0 Å². The molecule has 17 heavy (non-hydrogen) atoms. The third-order valence-corrected chi connectivity index (χ3v) is 2.76. The zero-order valence-electron chi connectivity index (χ0n) is 8.73. The summed E-state index contributed by atoms with van der Waals surface area (Å²) in [6, 6.07) is 7.17. The van der Waals surface area contributed by atoms with Crippen molar-refractivity contribution in [3.8, 4) is 0 Å². The number of benzene rings is 1. The fourth-order valence-electron chi connectivity index (χ4n) is 1.26. The van der Waals surface area contributed by atoms with Crippen molar-refractivity contribution in [1.82, 2.24) is 9.97 Å². The molecule has 90 valence electrons. The molecule has 2 aromatic rings. The fourth-order valence-corrected chi connectivity index (χ4v) is 1.79. The molecule has 0 radical (unpaired) electrons. The van der Waals surface area contributed by atoms with E-state index < -0.39 is 0 Å². The van der Waals surface area contributed by atoms with Gasteiger partial charge in [0, 0.05) is 34.5 Å². The molecule has 0 aliphatic rings. The van der Waals surface area contributed by atoms with Gasteiger partial charge in [0.25, 0.3) is 0 Å². The summed E-state index contributed by atoms with van der Waals surface area (Å²) in [5, 5.41) is 4.32. The molecule has 1 aromatic carbocycles. The number of nitrogens with zero attached hydrogens (tertiary/aromatic N) is 2. The zero-order chi connectivity index (χ0) is 11.4. The summed E-state index contributed by atoms with van der Waals surface area (Å²) in [4.78, 5) is 8.09. The molecule has 6 heteroatoms. The molecule has 2 rings (SSSR count). The van der Waals surface area contributed by atoms with E-state index in [0.29, 0.717) is 22.5 Å². The highest BCUT2D eigenvalue weighted by Crippen LogP contribution is 2.24. The van der Waals surface area contributed by atoms with Crippen molar-refractivity contribution in [2.45, 2.75) is 6.54 Å². The molecule has 0 unspecified atom stereocenters. The van der Waals surface area contributed by atoms with Crippen LogP contribution in [-0.2, 0) is 6.54 Å². The quantitative estimate of drug-likeness (QED) is 0.934. The van der Waals surface area contributed by atoms with E-state index in [1.54, 1.807) is 30.6 Å². The summed E-state index contributed by atoms with van der Waals surface area (Å²) in [5.41, 5.74) is 0.846. The summed E-state index contributed by atoms with van der Waals surface area (Å²) >= 11 is 12.1. The van der Waals surface area contributed by atoms with Gasteiger partial charge in [0.2, 0.25) is 5.95 Å². The fraction of sp³-hybridized carbons (Fsp3) is 0.0909. The lowest BCUT2D eigenvalue weighted by molar-refractivity contribution is 1.05. The molecule has 0 saturated carbocycles. The minimum atomic E-state index is 0. The Morgan fingerprint density at radius 1 is 1.00 bits per heavy atom. The maximum atomic E-state index is 6.03. The summed E-state index contributed by atoms with van der Waals surface area (Å²) in [6.45, 7) is 0.503. The molecule has 0 fully saturated rings. The number of hydrogen-bond donors (Lipinski definition) is 1. The summed E-state index contributed by atoms with van der Waals surface area (Å²) in [5.74, 6) is 0.554. The van der Waals surface area contributed by atoms with Gasteiger partial charge in [0.1, 0.15) is 0 Å². The molecule has 0 bridgehead atoms. The zero-order valence-corrected chi connectivity index (χ0v) is 11.1. The number of aromatic nitrogens is 2. The van der Waals surface area contributed by atoms with E-state index in [1.165, 1.54) is 0 Å². The molecule has 0 saturated heterocycles. The molecule has 0 spiro atoms. The smallest absolute Gasteiger partial charge is 0.222 e. The van der Waals surface area contributed by atoms with Gasteiger partial charge < -0.3 is 5.32 Å². The van der Waals surface area contributed by atoms with Crippen molar-refractivity contribution in [2.75, 3.05) is 5.32 Å².